The lowest BCUT2D eigenvalue weighted by atomic mass is 10.0. The zero-order valence-electron chi connectivity index (χ0n) is 9.70. The fraction of sp³-hybridized carbons (Fsp3) is 0.909. The summed E-state index contributed by atoms with van der Waals surface area (Å²) in [5, 5.41) is 10.1. The van der Waals surface area contributed by atoms with Crippen LogP contribution in [0.3, 0.4) is 0 Å². The minimum Gasteiger partial charge on any atom is -0.388 e. The highest BCUT2D eigenvalue weighted by Gasteiger charge is 2.33. The van der Waals surface area contributed by atoms with Crippen molar-refractivity contribution in [2.75, 3.05) is 20.1 Å². The van der Waals surface area contributed by atoms with E-state index in [1.807, 2.05) is 6.92 Å². The molecule has 0 bridgehead atoms. The average molecular weight is 214 g/mol. The van der Waals surface area contributed by atoms with Crippen LogP contribution in [0.4, 0.5) is 0 Å². The van der Waals surface area contributed by atoms with Gasteiger partial charge in [-0.15, -0.1) is 0 Å². The van der Waals surface area contributed by atoms with Gasteiger partial charge in [-0.1, -0.05) is 19.8 Å². The van der Waals surface area contributed by atoms with Gasteiger partial charge in [-0.05, 0) is 12.8 Å². The maximum Gasteiger partial charge on any atom is 0.226 e. The Morgan fingerprint density at radius 1 is 1.53 bits per heavy atom. The number of likely N-dealkylation sites (N-methyl/N-ethyl adjacent to an activating group) is 1. The van der Waals surface area contributed by atoms with Crippen molar-refractivity contribution < 1.29 is 9.90 Å². The van der Waals surface area contributed by atoms with E-state index in [1.165, 1.54) is 0 Å². The standard InChI is InChI=1S/C11H22N2O2/c1-9(7-12)10(14)13(2)8-11(15)5-3-4-6-11/h9,15H,3-8,12H2,1-2H3. The highest BCUT2D eigenvalue weighted by atomic mass is 16.3. The largest absolute Gasteiger partial charge is 0.388 e. The normalized spacial score (nSPS) is 21.3. The minimum absolute atomic E-state index is 0.0258. The van der Waals surface area contributed by atoms with Crippen molar-refractivity contribution in [1.29, 1.82) is 0 Å². The third-order valence-electron chi connectivity index (χ3n) is 3.22. The van der Waals surface area contributed by atoms with Crippen molar-refractivity contribution in [3.05, 3.63) is 0 Å². The van der Waals surface area contributed by atoms with Crippen LogP contribution in [0, 0.1) is 5.92 Å². The Morgan fingerprint density at radius 2 is 2.07 bits per heavy atom. The second-order valence-corrected chi connectivity index (χ2v) is 4.76. The Balaban J connectivity index is 2.47. The average Bonchev–Trinajstić information content (AvgIpc) is 2.62. The molecule has 4 nitrogen and oxygen atoms in total. The Labute approximate surface area is 91.4 Å². The van der Waals surface area contributed by atoms with Crippen LogP contribution in [0.5, 0.6) is 0 Å². The molecule has 0 aliphatic heterocycles. The van der Waals surface area contributed by atoms with Gasteiger partial charge in [0.2, 0.25) is 5.91 Å². The van der Waals surface area contributed by atoms with E-state index in [0.29, 0.717) is 13.1 Å². The number of aliphatic hydroxyl groups is 1. The number of hydrogen-bond acceptors (Lipinski definition) is 3. The number of amides is 1. The second kappa shape index (κ2) is 4.94. The van der Waals surface area contributed by atoms with E-state index in [4.69, 9.17) is 5.73 Å². The molecule has 1 aliphatic carbocycles. The lowest BCUT2D eigenvalue weighted by Crippen LogP contribution is -2.44. The van der Waals surface area contributed by atoms with Crippen molar-refractivity contribution in [3.8, 4) is 0 Å². The van der Waals surface area contributed by atoms with Gasteiger partial charge in [-0.2, -0.15) is 0 Å². The molecule has 0 aromatic rings. The molecule has 1 saturated carbocycles. The molecular weight excluding hydrogens is 192 g/mol. The molecule has 1 rings (SSSR count). The van der Waals surface area contributed by atoms with Gasteiger partial charge in [0.15, 0.2) is 0 Å². The molecule has 0 aromatic carbocycles. The van der Waals surface area contributed by atoms with Crippen LogP contribution < -0.4 is 5.73 Å². The topological polar surface area (TPSA) is 66.6 Å². The monoisotopic (exact) mass is 214 g/mol. The molecule has 0 aromatic heterocycles. The molecule has 1 atom stereocenters. The Bertz CT molecular complexity index is 225. The summed E-state index contributed by atoms with van der Waals surface area (Å²) in [6.07, 6.45) is 3.74. The third-order valence-corrected chi connectivity index (χ3v) is 3.22. The molecule has 0 spiro atoms. The molecule has 15 heavy (non-hydrogen) atoms. The number of rotatable bonds is 4. The first-order valence-corrected chi connectivity index (χ1v) is 5.66. The summed E-state index contributed by atoms with van der Waals surface area (Å²) in [4.78, 5) is 13.4. The van der Waals surface area contributed by atoms with E-state index in [2.05, 4.69) is 0 Å². The van der Waals surface area contributed by atoms with E-state index in [-0.39, 0.29) is 11.8 Å². The van der Waals surface area contributed by atoms with E-state index in [1.54, 1.807) is 11.9 Å². The predicted molar refractivity (Wildman–Crippen MR) is 59.3 cm³/mol. The lowest BCUT2D eigenvalue weighted by Gasteiger charge is -2.30. The number of hydrogen-bond donors (Lipinski definition) is 2. The Morgan fingerprint density at radius 3 is 2.53 bits per heavy atom. The van der Waals surface area contributed by atoms with Crippen LogP contribution in [0.15, 0.2) is 0 Å². The quantitative estimate of drug-likeness (QED) is 0.709. The molecule has 1 unspecified atom stereocenters. The summed E-state index contributed by atoms with van der Waals surface area (Å²) in [6.45, 7) is 2.62. The second-order valence-electron chi connectivity index (χ2n) is 4.76. The van der Waals surface area contributed by atoms with Crippen LogP contribution in [0.25, 0.3) is 0 Å². The van der Waals surface area contributed by atoms with Crippen LogP contribution in [-0.4, -0.2) is 41.7 Å². The predicted octanol–water partition coefficient (Wildman–Crippen LogP) is 0.345. The molecule has 0 saturated heterocycles. The van der Waals surface area contributed by atoms with E-state index < -0.39 is 5.60 Å². The fourth-order valence-corrected chi connectivity index (χ4v) is 2.19. The van der Waals surface area contributed by atoms with Crippen molar-refractivity contribution in [2.24, 2.45) is 11.7 Å². The van der Waals surface area contributed by atoms with Gasteiger partial charge >= 0.3 is 0 Å². The molecule has 88 valence electrons. The Kier molecular flexibility index (Phi) is 4.11. The molecular formula is C11H22N2O2. The smallest absolute Gasteiger partial charge is 0.226 e. The number of nitrogens with zero attached hydrogens (tertiary/aromatic N) is 1. The van der Waals surface area contributed by atoms with Crippen LogP contribution in [0.1, 0.15) is 32.6 Å². The van der Waals surface area contributed by atoms with Crippen LogP contribution in [-0.2, 0) is 4.79 Å². The number of nitrogens with two attached hydrogens (primary N) is 1. The summed E-state index contributed by atoms with van der Waals surface area (Å²) in [5.74, 6) is -0.127. The summed E-state index contributed by atoms with van der Waals surface area (Å²) >= 11 is 0. The zero-order valence-corrected chi connectivity index (χ0v) is 9.70. The summed E-state index contributed by atoms with van der Waals surface area (Å²) in [7, 11) is 1.74. The maximum atomic E-state index is 11.7. The van der Waals surface area contributed by atoms with Crippen molar-refractivity contribution in [1.82, 2.24) is 4.90 Å². The molecule has 0 heterocycles. The van der Waals surface area contributed by atoms with Gasteiger partial charge in [-0.3, -0.25) is 4.79 Å². The Hall–Kier alpha value is -0.610. The van der Waals surface area contributed by atoms with Crippen molar-refractivity contribution in [2.45, 2.75) is 38.2 Å². The maximum absolute atomic E-state index is 11.7. The van der Waals surface area contributed by atoms with Crippen molar-refractivity contribution >= 4 is 5.91 Å². The summed E-state index contributed by atoms with van der Waals surface area (Å²) in [6, 6.07) is 0. The van der Waals surface area contributed by atoms with Gasteiger partial charge < -0.3 is 15.7 Å². The van der Waals surface area contributed by atoms with Crippen LogP contribution >= 0.6 is 0 Å². The molecule has 3 N–H and O–H groups in total. The van der Waals surface area contributed by atoms with Crippen LogP contribution in [0.2, 0.25) is 0 Å². The highest BCUT2D eigenvalue weighted by molar-refractivity contribution is 5.78. The summed E-state index contributed by atoms with van der Waals surface area (Å²) < 4.78 is 0. The molecule has 1 fully saturated rings. The number of carbonyl (C=O) groups is 1. The minimum atomic E-state index is -0.654. The molecule has 4 heteroatoms. The van der Waals surface area contributed by atoms with Gasteiger partial charge in [0, 0.05) is 26.1 Å². The molecule has 0 radical (unpaired) electrons. The lowest BCUT2D eigenvalue weighted by molar-refractivity contribution is -0.136. The van der Waals surface area contributed by atoms with Gasteiger partial charge in [0.1, 0.15) is 0 Å². The molecule has 1 aliphatic rings. The highest BCUT2D eigenvalue weighted by Crippen LogP contribution is 2.30. The fourth-order valence-electron chi connectivity index (χ4n) is 2.19. The SMILES string of the molecule is CC(CN)C(=O)N(C)CC1(O)CCCC1. The first-order valence-electron chi connectivity index (χ1n) is 5.66. The number of carbonyl (C=O) groups excluding carboxylic acids is 1. The summed E-state index contributed by atoms with van der Waals surface area (Å²) in [5.41, 5.74) is 4.79. The first kappa shape index (κ1) is 12.5. The van der Waals surface area contributed by atoms with Gasteiger partial charge in [0.05, 0.1) is 5.60 Å². The van der Waals surface area contributed by atoms with E-state index in [0.717, 1.165) is 25.7 Å². The van der Waals surface area contributed by atoms with E-state index in [9.17, 15) is 9.90 Å². The van der Waals surface area contributed by atoms with Crippen molar-refractivity contribution in [3.63, 3.8) is 0 Å². The third kappa shape index (κ3) is 3.18. The zero-order chi connectivity index (χ0) is 11.5. The van der Waals surface area contributed by atoms with Gasteiger partial charge in [0.25, 0.3) is 0 Å². The molecule has 1 amide bonds. The van der Waals surface area contributed by atoms with Gasteiger partial charge in [-0.25, -0.2) is 0 Å². The van der Waals surface area contributed by atoms with E-state index >= 15 is 0 Å². The first-order chi connectivity index (χ1) is 6.98.